The van der Waals surface area contributed by atoms with E-state index in [0.717, 1.165) is 16.4 Å². The Bertz CT molecular complexity index is 752. The van der Waals surface area contributed by atoms with Gasteiger partial charge in [0.2, 0.25) is 0 Å². The van der Waals surface area contributed by atoms with Gasteiger partial charge in [-0.2, -0.15) is 18.3 Å². The largest absolute Gasteiger partial charge is 0.494 e. The molecule has 0 fully saturated rings. The van der Waals surface area contributed by atoms with Gasteiger partial charge in [-0.3, -0.25) is 9.48 Å². The van der Waals surface area contributed by atoms with Gasteiger partial charge in [0.05, 0.1) is 24.4 Å². The van der Waals surface area contributed by atoms with E-state index in [4.69, 9.17) is 4.74 Å². The molecule has 0 radical (unpaired) electrons. The van der Waals surface area contributed by atoms with Gasteiger partial charge in [-0.25, -0.2) is 0 Å². The molecule has 2 aromatic rings. The molecule has 0 aliphatic heterocycles. The summed E-state index contributed by atoms with van der Waals surface area (Å²) in [5.74, 6) is -0.127. The first-order valence-electron chi connectivity index (χ1n) is 8.33. The lowest BCUT2D eigenvalue weighted by Crippen LogP contribution is -2.29. The summed E-state index contributed by atoms with van der Waals surface area (Å²) in [5.41, 5.74) is -0.764. The van der Waals surface area contributed by atoms with Gasteiger partial charge in [-0.05, 0) is 45.4 Å². The molecule has 0 saturated carbocycles. The fourth-order valence-corrected chi connectivity index (χ4v) is 2.58. The number of ether oxygens (including phenoxy) is 1. The monoisotopic (exact) mass is 369 g/mol. The summed E-state index contributed by atoms with van der Waals surface area (Å²) in [6.45, 7) is 7.25. The van der Waals surface area contributed by atoms with Crippen molar-refractivity contribution < 1.29 is 22.7 Å². The van der Waals surface area contributed by atoms with Gasteiger partial charge in [0.1, 0.15) is 5.75 Å². The standard InChI is InChI=1S/C18H22F3N3O2/c1-5-26-14-8-6-13(7-9-14)12(4)23-17(25)15-10-22-24(11(2)3)16(15)18(19,20)21/h6-12H,5H2,1-4H3,(H,23,25). The Morgan fingerprint density at radius 2 is 1.85 bits per heavy atom. The number of nitrogens with zero attached hydrogens (tertiary/aromatic N) is 2. The maximum atomic E-state index is 13.4. The van der Waals surface area contributed by atoms with Crippen LogP contribution in [0.4, 0.5) is 13.2 Å². The van der Waals surface area contributed by atoms with Gasteiger partial charge < -0.3 is 10.1 Å². The Kier molecular flexibility index (Phi) is 5.94. The lowest BCUT2D eigenvalue weighted by Gasteiger charge is -2.17. The van der Waals surface area contributed by atoms with E-state index in [-0.39, 0.29) is 0 Å². The van der Waals surface area contributed by atoms with Crippen LogP contribution in [-0.4, -0.2) is 22.3 Å². The minimum atomic E-state index is -4.67. The van der Waals surface area contributed by atoms with Crippen LogP contribution in [0.5, 0.6) is 5.75 Å². The number of halogens is 3. The van der Waals surface area contributed by atoms with E-state index < -0.39 is 35.4 Å². The third-order valence-corrected chi connectivity index (χ3v) is 3.84. The second kappa shape index (κ2) is 7.80. The Hall–Kier alpha value is -2.51. The van der Waals surface area contributed by atoms with E-state index in [1.54, 1.807) is 45.0 Å². The maximum Gasteiger partial charge on any atom is 0.433 e. The topological polar surface area (TPSA) is 56.1 Å². The lowest BCUT2D eigenvalue weighted by molar-refractivity contribution is -0.145. The van der Waals surface area contributed by atoms with E-state index in [0.29, 0.717) is 12.4 Å². The highest BCUT2D eigenvalue weighted by atomic mass is 19.4. The van der Waals surface area contributed by atoms with Crippen molar-refractivity contribution in [3.8, 4) is 5.75 Å². The number of amides is 1. The number of aromatic nitrogens is 2. The molecule has 8 heteroatoms. The molecule has 0 bridgehead atoms. The second-order valence-corrected chi connectivity index (χ2v) is 6.14. The van der Waals surface area contributed by atoms with Crippen molar-refractivity contribution in [2.24, 2.45) is 0 Å². The number of rotatable bonds is 6. The molecule has 0 spiro atoms. The van der Waals surface area contributed by atoms with Crippen molar-refractivity contribution >= 4 is 5.91 Å². The highest BCUT2D eigenvalue weighted by Crippen LogP contribution is 2.33. The normalized spacial score (nSPS) is 12.9. The molecule has 1 aromatic carbocycles. The van der Waals surface area contributed by atoms with Crippen LogP contribution in [0.25, 0.3) is 0 Å². The first-order chi connectivity index (χ1) is 12.1. The van der Waals surface area contributed by atoms with E-state index in [1.807, 2.05) is 6.92 Å². The zero-order chi connectivity index (χ0) is 19.5. The van der Waals surface area contributed by atoms with Gasteiger partial charge in [0.25, 0.3) is 5.91 Å². The van der Waals surface area contributed by atoms with Crippen molar-refractivity contribution in [1.29, 1.82) is 0 Å². The summed E-state index contributed by atoms with van der Waals surface area (Å²) in [6, 6.07) is 6.04. The number of nitrogens with one attached hydrogen (secondary N) is 1. The molecule has 142 valence electrons. The van der Waals surface area contributed by atoms with Gasteiger partial charge in [-0.1, -0.05) is 12.1 Å². The van der Waals surface area contributed by atoms with Gasteiger partial charge in [0, 0.05) is 6.04 Å². The van der Waals surface area contributed by atoms with Gasteiger partial charge in [-0.15, -0.1) is 0 Å². The molecule has 5 nitrogen and oxygen atoms in total. The lowest BCUT2D eigenvalue weighted by atomic mass is 10.1. The molecular formula is C18H22F3N3O2. The second-order valence-electron chi connectivity index (χ2n) is 6.14. The maximum absolute atomic E-state index is 13.4. The zero-order valence-corrected chi connectivity index (χ0v) is 15.1. The predicted molar refractivity (Wildman–Crippen MR) is 91.1 cm³/mol. The summed E-state index contributed by atoms with van der Waals surface area (Å²) in [4.78, 5) is 12.4. The van der Waals surface area contributed by atoms with Crippen LogP contribution in [0.2, 0.25) is 0 Å². The van der Waals surface area contributed by atoms with E-state index in [1.165, 1.54) is 0 Å². The van der Waals surface area contributed by atoms with Crippen molar-refractivity contribution in [3.05, 3.63) is 47.3 Å². The van der Waals surface area contributed by atoms with E-state index >= 15 is 0 Å². The SMILES string of the molecule is CCOc1ccc(C(C)NC(=O)c2cnn(C(C)C)c2C(F)(F)F)cc1. The third kappa shape index (κ3) is 4.36. The summed E-state index contributed by atoms with van der Waals surface area (Å²) in [6.07, 6.45) is -3.71. The fourth-order valence-electron chi connectivity index (χ4n) is 2.58. The fraction of sp³-hybridized carbons (Fsp3) is 0.444. The average molecular weight is 369 g/mol. The van der Waals surface area contributed by atoms with Crippen molar-refractivity contribution in [1.82, 2.24) is 15.1 Å². The Labute approximate surface area is 150 Å². The van der Waals surface area contributed by atoms with Crippen molar-refractivity contribution in [2.45, 2.75) is 46.0 Å². The van der Waals surface area contributed by atoms with Crippen LogP contribution in [0.15, 0.2) is 30.5 Å². The van der Waals surface area contributed by atoms with Crippen LogP contribution in [0.3, 0.4) is 0 Å². The Morgan fingerprint density at radius 3 is 2.35 bits per heavy atom. The summed E-state index contributed by atoms with van der Waals surface area (Å²) in [5, 5.41) is 6.33. The average Bonchev–Trinajstić information content (AvgIpc) is 3.01. The van der Waals surface area contributed by atoms with Crippen LogP contribution >= 0.6 is 0 Å². The van der Waals surface area contributed by atoms with Gasteiger partial charge >= 0.3 is 6.18 Å². The molecule has 0 aliphatic rings. The molecule has 1 unspecified atom stereocenters. The number of alkyl halides is 3. The zero-order valence-electron chi connectivity index (χ0n) is 15.1. The molecule has 26 heavy (non-hydrogen) atoms. The molecule has 1 heterocycles. The molecule has 0 aliphatic carbocycles. The molecular weight excluding hydrogens is 347 g/mol. The highest BCUT2D eigenvalue weighted by Gasteiger charge is 2.40. The number of carbonyl (C=O) groups excluding carboxylic acids is 1. The molecule has 0 saturated heterocycles. The Morgan fingerprint density at radius 1 is 1.23 bits per heavy atom. The minimum Gasteiger partial charge on any atom is -0.494 e. The van der Waals surface area contributed by atoms with E-state index in [9.17, 15) is 18.0 Å². The quantitative estimate of drug-likeness (QED) is 0.822. The summed E-state index contributed by atoms with van der Waals surface area (Å²) in [7, 11) is 0. The number of hydrogen-bond donors (Lipinski definition) is 1. The summed E-state index contributed by atoms with van der Waals surface area (Å²) < 4.78 is 46.3. The summed E-state index contributed by atoms with van der Waals surface area (Å²) >= 11 is 0. The predicted octanol–water partition coefficient (Wildman–Crippen LogP) is 4.37. The molecule has 1 atom stereocenters. The number of benzene rings is 1. The molecule has 1 aromatic heterocycles. The van der Waals surface area contributed by atoms with Gasteiger partial charge in [0.15, 0.2) is 5.69 Å². The number of carbonyl (C=O) groups is 1. The number of hydrogen-bond acceptors (Lipinski definition) is 3. The minimum absolute atomic E-state index is 0.471. The van der Waals surface area contributed by atoms with Crippen LogP contribution in [0.1, 0.15) is 61.4 Å². The van der Waals surface area contributed by atoms with Crippen molar-refractivity contribution in [2.75, 3.05) is 6.61 Å². The third-order valence-electron chi connectivity index (χ3n) is 3.84. The van der Waals surface area contributed by atoms with E-state index in [2.05, 4.69) is 10.4 Å². The van der Waals surface area contributed by atoms with Crippen molar-refractivity contribution in [3.63, 3.8) is 0 Å². The highest BCUT2D eigenvalue weighted by molar-refractivity contribution is 5.95. The Balaban J connectivity index is 2.22. The van der Waals surface area contributed by atoms with Crippen LogP contribution in [0, 0.1) is 0 Å². The van der Waals surface area contributed by atoms with Crippen LogP contribution < -0.4 is 10.1 Å². The first kappa shape index (κ1) is 19.8. The molecule has 1 amide bonds. The first-order valence-corrected chi connectivity index (χ1v) is 8.33. The molecule has 1 N–H and O–H groups in total. The molecule has 2 rings (SSSR count). The smallest absolute Gasteiger partial charge is 0.433 e. The van der Waals surface area contributed by atoms with Crippen LogP contribution in [-0.2, 0) is 6.18 Å².